The highest BCUT2D eigenvalue weighted by atomic mass is 19.1. The number of likely N-dealkylation sites (tertiary alicyclic amines) is 1. The van der Waals surface area contributed by atoms with Crippen LogP contribution in [0.1, 0.15) is 71.9 Å². The van der Waals surface area contributed by atoms with E-state index in [4.69, 9.17) is 4.98 Å². The van der Waals surface area contributed by atoms with Crippen molar-refractivity contribution >= 4 is 5.91 Å². The maximum absolute atomic E-state index is 14.1. The molecule has 1 aromatic carbocycles. The minimum Gasteiger partial charge on any atom is -0.332 e. The molecule has 2 aliphatic heterocycles. The van der Waals surface area contributed by atoms with E-state index in [1.807, 2.05) is 0 Å². The highest BCUT2D eigenvalue weighted by molar-refractivity contribution is 5.94. The van der Waals surface area contributed by atoms with Gasteiger partial charge in [0.2, 0.25) is 0 Å². The highest BCUT2D eigenvalue weighted by Crippen LogP contribution is 2.31. The lowest BCUT2D eigenvalue weighted by Crippen LogP contribution is -2.40. The van der Waals surface area contributed by atoms with Gasteiger partial charge in [0.25, 0.3) is 11.5 Å². The maximum Gasteiger partial charge on any atom is 0.257 e. The monoisotopic (exact) mass is 424 g/mol. The van der Waals surface area contributed by atoms with Gasteiger partial charge in [-0.1, -0.05) is 31.4 Å². The molecule has 6 nitrogen and oxygen atoms in total. The zero-order chi connectivity index (χ0) is 21.4. The Hall–Kier alpha value is -2.54. The predicted molar refractivity (Wildman–Crippen MR) is 116 cm³/mol. The zero-order valence-corrected chi connectivity index (χ0v) is 17.8. The lowest BCUT2D eigenvalue weighted by Gasteiger charge is -2.31. The van der Waals surface area contributed by atoms with Gasteiger partial charge in [-0.3, -0.25) is 14.5 Å². The van der Waals surface area contributed by atoms with Crippen LogP contribution in [-0.4, -0.2) is 51.4 Å². The summed E-state index contributed by atoms with van der Waals surface area (Å²) in [6.07, 6.45) is 7.95. The summed E-state index contributed by atoms with van der Waals surface area (Å²) >= 11 is 0. The number of amides is 1. The first-order chi connectivity index (χ1) is 15.1. The Balaban J connectivity index is 1.34. The van der Waals surface area contributed by atoms with E-state index in [-0.39, 0.29) is 29.5 Å². The maximum atomic E-state index is 14.1. The van der Waals surface area contributed by atoms with Gasteiger partial charge in [-0.05, 0) is 44.4 Å². The molecule has 164 valence electrons. The SMILES string of the molecule is O=C(c1ccccc1F)N1CCc2c(nc([C@H]3CCN(C4CCCCC4)C3)[nH]c2=O)C1. The van der Waals surface area contributed by atoms with Crippen molar-refractivity contribution < 1.29 is 9.18 Å². The predicted octanol–water partition coefficient (Wildman–Crippen LogP) is 3.23. The Morgan fingerprint density at radius 2 is 1.90 bits per heavy atom. The molecule has 3 heterocycles. The standard InChI is InChI=1S/C24H29FN4O2/c25-20-9-5-4-8-18(20)24(31)29-13-11-19-21(15-29)26-22(27-23(19)30)16-10-12-28(14-16)17-6-2-1-3-7-17/h4-5,8-9,16-17H,1-3,6-7,10-15H2,(H,26,27,30)/t16-/m0/s1. The molecule has 0 radical (unpaired) electrons. The number of fused-ring (bicyclic) bond motifs is 1. The second-order valence-electron chi connectivity index (χ2n) is 9.11. The van der Waals surface area contributed by atoms with Crippen LogP contribution in [0.5, 0.6) is 0 Å². The number of halogens is 1. The third kappa shape index (κ3) is 4.03. The summed E-state index contributed by atoms with van der Waals surface area (Å²) in [6.45, 7) is 2.62. The molecule has 7 heteroatoms. The van der Waals surface area contributed by atoms with E-state index in [0.717, 1.165) is 25.3 Å². The Morgan fingerprint density at radius 1 is 1.10 bits per heavy atom. The highest BCUT2D eigenvalue weighted by Gasteiger charge is 2.33. The van der Waals surface area contributed by atoms with Crippen LogP contribution in [0.2, 0.25) is 0 Å². The molecular weight excluding hydrogens is 395 g/mol. The van der Waals surface area contributed by atoms with E-state index in [1.165, 1.54) is 44.2 Å². The number of nitrogens with zero attached hydrogens (tertiary/aromatic N) is 3. The number of carbonyl (C=O) groups is 1. The number of carbonyl (C=O) groups excluding carboxylic acids is 1. The van der Waals surface area contributed by atoms with Gasteiger partial charge in [0, 0.05) is 30.6 Å². The number of nitrogens with one attached hydrogen (secondary N) is 1. The van der Waals surface area contributed by atoms with Gasteiger partial charge in [-0.2, -0.15) is 0 Å². The molecule has 1 saturated carbocycles. The van der Waals surface area contributed by atoms with Crippen molar-refractivity contribution in [2.45, 2.75) is 63.5 Å². The van der Waals surface area contributed by atoms with Crippen LogP contribution in [0.15, 0.2) is 29.1 Å². The van der Waals surface area contributed by atoms with E-state index in [1.54, 1.807) is 17.0 Å². The van der Waals surface area contributed by atoms with Gasteiger partial charge in [-0.25, -0.2) is 9.37 Å². The number of benzene rings is 1. The fourth-order valence-electron chi connectivity index (χ4n) is 5.42. The van der Waals surface area contributed by atoms with Crippen LogP contribution in [-0.2, 0) is 13.0 Å². The third-order valence-corrected chi connectivity index (χ3v) is 7.18. The molecule has 1 aliphatic carbocycles. The summed E-state index contributed by atoms with van der Waals surface area (Å²) in [7, 11) is 0. The number of rotatable bonds is 3. The fraction of sp³-hybridized carbons (Fsp3) is 0.542. The fourth-order valence-corrected chi connectivity index (χ4v) is 5.42. The molecule has 1 atom stereocenters. The van der Waals surface area contributed by atoms with E-state index < -0.39 is 5.82 Å². The normalized spacial score (nSPS) is 22.5. The van der Waals surface area contributed by atoms with Gasteiger partial charge >= 0.3 is 0 Å². The molecule has 0 spiro atoms. The molecule has 5 rings (SSSR count). The van der Waals surface area contributed by atoms with E-state index in [9.17, 15) is 14.0 Å². The second kappa shape index (κ2) is 8.54. The lowest BCUT2D eigenvalue weighted by atomic mass is 9.94. The largest absolute Gasteiger partial charge is 0.332 e. The Labute approximate surface area is 181 Å². The number of hydrogen-bond donors (Lipinski definition) is 1. The van der Waals surface area contributed by atoms with Crippen LogP contribution in [0, 0.1) is 5.82 Å². The van der Waals surface area contributed by atoms with Gasteiger partial charge in [0.1, 0.15) is 11.6 Å². The average molecular weight is 425 g/mol. The summed E-state index contributed by atoms with van der Waals surface area (Å²) in [6, 6.07) is 6.69. The second-order valence-corrected chi connectivity index (χ2v) is 9.11. The minimum atomic E-state index is -0.522. The topological polar surface area (TPSA) is 69.3 Å². The summed E-state index contributed by atoms with van der Waals surface area (Å²) in [5.74, 6) is 0.0863. The molecule has 3 aliphatic rings. The van der Waals surface area contributed by atoms with Crippen LogP contribution in [0.3, 0.4) is 0 Å². The average Bonchev–Trinajstić information content (AvgIpc) is 3.30. The molecule has 1 N–H and O–H groups in total. The summed E-state index contributed by atoms with van der Waals surface area (Å²) in [5, 5.41) is 0. The van der Waals surface area contributed by atoms with Crippen molar-refractivity contribution in [2.24, 2.45) is 0 Å². The number of aromatic nitrogens is 2. The van der Waals surface area contributed by atoms with Gasteiger partial charge < -0.3 is 9.88 Å². The third-order valence-electron chi connectivity index (χ3n) is 7.18. The van der Waals surface area contributed by atoms with Crippen molar-refractivity contribution in [1.29, 1.82) is 0 Å². The molecule has 1 amide bonds. The van der Waals surface area contributed by atoms with Crippen LogP contribution in [0.25, 0.3) is 0 Å². The minimum absolute atomic E-state index is 0.0648. The van der Waals surface area contributed by atoms with Crippen molar-refractivity contribution in [1.82, 2.24) is 19.8 Å². The molecular formula is C24H29FN4O2. The van der Waals surface area contributed by atoms with Crippen LogP contribution in [0.4, 0.5) is 4.39 Å². The van der Waals surface area contributed by atoms with Gasteiger partial charge in [-0.15, -0.1) is 0 Å². The molecule has 0 bridgehead atoms. The Kier molecular flexibility index (Phi) is 5.61. The summed E-state index contributed by atoms with van der Waals surface area (Å²) in [4.78, 5) is 37.6. The van der Waals surface area contributed by atoms with E-state index >= 15 is 0 Å². The zero-order valence-electron chi connectivity index (χ0n) is 17.8. The molecule has 0 unspecified atom stereocenters. The first-order valence-corrected chi connectivity index (χ1v) is 11.5. The van der Waals surface area contributed by atoms with E-state index in [0.29, 0.717) is 30.3 Å². The molecule has 31 heavy (non-hydrogen) atoms. The van der Waals surface area contributed by atoms with E-state index in [2.05, 4.69) is 9.88 Å². The van der Waals surface area contributed by atoms with Gasteiger partial charge in [0.05, 0.1) is 17.8 Å². The van der Waals surface area contributed by atoms with Crippen molar-refractivity contribution in [3.63, 3.8) is 0 Å². The van der Waals surface area contributed by atoms with Gasteiger partial charge in [0.15, 0.2) is 0 Å². The lowest BCUT2D eigenvalue weighted by molar-refractivity contribution is 0.0726. The molecule has 2 aromatic rings. The Morgan fingerprint density at radius 3 is 2.71 bits per heavy atom. The smallest absolute Gasteiger partial charge is 0.257 e. The quantitative estimate of drug-likeness (QED) is 0.821. The van der Waals surface area contributed by atoms with Crippen LogP contribution < -0.4 is 5.56 Å². The summed E-state index contributed by atoms with van der Waals surface area (Å²) < 4.78 is 14.1. The molecule has 2 fully saturated rings. The number of hydrogen-bond acceptors (Lipinski definition) is 4. The first kappa shape index (κ1) is 20.4. The van der Waals surface area contributed by atoms with Crippen LogP contribution >= 0.6 is 0 Å². The summed E-state index contributed by atoms with van der Waals surface area (Å²) in [5.41, 5.74) is 1.29. The molecule has 1 saturated heterocycles. The van der Waals surface area contributed by atoms with Crippen molar-refractivity contribution in [3.8, 4) is 0 Å². The van der Waals surface area contributed by atoms with Crippen molar-refractivity contribution in [3.05, 3.63) is 63.1 Å². The van der Waals surface area contributed by atoms with Crippen molar-refractivity contribution in [2.75, 3.05) is 19.6 Å². The number of H-pyrrole nitrogens is 1. The number of aromatic amines is 1. The first-order valence-electron chi connectivity index (χ1n) is 11.5. The Bertz CT molecular complexity index is 1030. The molecule has 1 aromatic heterocycles.